The smallest absolute Gasteiger partial charge is 0.404 e. The third-order valence-electron chi connectivity index (χ3n) is 6.52. The number of hydrogen-bond acceptors (Lipinski definition) is 5. The van der Waals surface area contributed by atoms with Crippen LogP contribution in [0.25, 0.3) is 5.69 Å². The van der Waals surface area contributed by atoms with Gasteiger partial charge in [-0.15, -0.1) is 0 Å². The molecule has 1 aliphatic heterocycles. The first-order valence-electron chi connectivity index (χ1n) is 11.5. The second-order valence-electron chi connectivity index (χ2n) is 9.20. The number of nitrogens with zero attached hydrogens (tertiary/aromatic N) is 4. The fraction of sp³-hybridized carbons (Fsp3) is 0.400. The van der Waals surface area contributed by atoms with Crippen molar-refractivity contribution >= 4 is 5.91 Å². The van der Waals surface area contributed by atoms with Crippen LogP contribution >= 0.6 is 0 Å². The number of piperidine rings is 1. The van der Waals surface area contributed by atoms with Gasteiger partial charge in [-0.1, -0.05) is 6.58 Å². The Hall–Kier alpha value is -3.56. The molecule has 7 nitrogen and oxygen atoms in total. The molecule has 1 unspecified atom stereocenters. The SMILES string of the molecule is C=C(/C=C\C(=C/N)C(F)(F)F)NCC1C[C@H]2C[C@H]2CN1C(=O)c1nc(C)ccc1-n1cnc(C)c1. The number of rotatable bonds is 7. The van der Waals surface area contributed by atoms with Crippen LogP contribution in [0.5, 0.6) is 0 Å². The fourth-order valence-corrected chi connectivity index (χ4v) is 4.49. The minimum absolute atomic E-state index is 0.136. The van der Waals surface area contributed by atoms with E-state index in [0.717, 1.165) is 30.3 Å². The van der Waals surface area contributed by atoms with E-state index in [1.807, 2.05) is 37.1 Å². The topological polar surface area (TPSA) is 89.1 Å². The Balaban J connectivity index is 1.51. The highest BCUT2D eigenvalue weighted by molar-refractivity contribution is 5.96. The lowest BCUT2D eigenvalue weighted by Gasteiger charge is -2.36. The van der Waals surface area contributed by atoms with Gasteiger partial charge in [0.25, 0.3) is 5.91 Å². The molecule has 3 heterocycles. The maximum atomic E-state index is 13.8. The summed E-state index contributed by atoms with van der Waals surface area (Å²) in [5.41, 5.74) is 7.02. The van der Waals surface area contributed by atoms with E-state index in [1.54, 1.807) is 10.9 Å². The van der Waals surface area contributed by atoms with Crippen LogP contribution < -0.4 is 11.1 Å². The highest BCUT2D eigenvalue weighted by atomic mass is 19.4. The van der Waals surface area contributed by atoms with E-state index in [1.165, 1.54) is 6.08 Å². The van der Waals surface area contributed by atoms with E-state index in [0.29, 0.717) is 48.2 Å². The second kappa shape index (κ2) is 9.59. The average Bonchev–Trinajstić information content (AvgIpc) is 3.44. The molecule has 1 saturated carbocycles. The first-order chi connectivity index (χ1) is 16.6. The number of halogens is 3. The number of pyridine rings is 1. The van der Waals surface area contributed by atoms with Crippen LogP contribution in [0.1, 0.15) is 34.7 Å². The van der Waals surface area contributed by atoms with E-state index in [2.05, 4.69) is 21.9 Å². The van der Waals surface area contributed by atoms with Gasteiger partial charge < -0.3 is 20.5 Å². The number of aryl methyl sites for hydroxylation is 2. The lowest BCUT2D eigenvalue weighted by Crippen LogP contribution is -2.49. The van der Waals surface area contributed by atoms with Crippen molar-refractivity contribution in [2.75, 3.05) is 13.1 Å². The largest absolute Gasteiger partial charge is 0.417 e. The molecule has 0 bridgehead atoms. The van der Waals surface area contributed by atoms with Gasteiger partial charge in [0.15, 0.2) is 5.69 Å². The standard InChI is InChI=1S/C25H29F3N6O/c1-15(4-6-20(10-29)25(26,27)28)30-11-21-9-18-8-19(18)13-34(21)24(35)23-22(7-5-16(2)32-23)33-12-17(3)31-14-33/h4-7,10,12,14,18-19,21,30H,1,8-9,11,13,29H2,2-3H3/b6-4-,20-10+/t18-,19+,21?/m1/s1. The van der Waals surface area contributed by atoms with Gasteiger partial charge in [-0.3, -0.25) is 4.79 Å². The molecule has 10 heteroatoms. The molecule has 0 spiro atoms. The van der Waals surface area contributed by atoms with Crippen molar-refractivity contribution < 1.29 is 18.0 Å². The van der Waals surface area contributed by atoms with Crippen LogP contribution in [-0.2, 0) is 0 Å². The molecule has 0 aromatic carbocycles. The first-order valence-corrected chi connectivity index (χ1v) is 11.5. The molecule has 186 valence electrons. The van der Waals surface area contributed by atoms with E-state index < -0.39 is 11.7 Å². The Bertz CT molecular complexity index is 1180. The second-order valence-corrected chi connectivity index (χ2v) is 9.20. The highest BCUT2D eigenvalue weighted by Gasteiger charge is 2.47. The van der Waals surface area contributed by atoms with E-state index in [4.69, 9.17) is 5.73 Å². The number of amides is 1. The number of alkyl halides is 3. The van der Waals surface area contributed by atoms with Crippen LogP contribution in [-0.4, -0.2) is 50.6 Å². The Kier molecular flexibility index (Phi) is 6.73. The number of aromatic nitrogens is 3. The molecule has 3 atom stereocenters. The van der Waals surface area contributed by atoms with Crippen molar-refractivity contribution in [1.82, 2.24) is 24.8 Å². The van der Waals surface area contributed by atoms with E-state index >= 15 is 0 Å². The third-order valence-corrected chi connectivity index (χ3v) is 6.52. The minimum atomic E-state index is -4.54. The zero-order valence-electron chi connectivity index (χ0n) is 19.7. The maximum Gasteiger partial charge on any atom is 0.417 e. The monoisotopic (exact) mass is 486 g/mol. The number of allylic oxidation sites excluding steroid dienone is 3. The van der Waals surface area contributed by atoms with Gasteiger partial charge in [0.05, 0.1) is 23.3 Å². The number of carbonyl (C=O) groups is 1. The summed E-state index contributed by atoms with van der Waals surface area (Å²) in [6.45, 7) is 8.51. The van der Waals surface area contributed by atoms with Crippen LogP contribution in [0, 0.1) is 25.7 Å². The number of imidazole rings is 1. The van der Waals surface area contributed by atoms with E-state index in [9.17, 15) is 18.0 Å². The summed E-state index contributed by atoms with van der Waals surface area (Å²) in [6, 6.07) is 3.58. The normalized spacial score (nSPS) is 22.3. The zero-order valence-corrected chi connectivity index (χ0v) is 19.7. The van der Waals surface area contributed by atoms with Gasteiger partial charge in [0.2, 0.25) is 0 Å². The lowest BCUT2D eigenvalue weighted by molar-refractivity contribution is -0.0883. The molecule has 2 aromatic heterocycles. The van der Waals surface area contributed by atoms with Crippen molar-refractivity contribution in [2.24, 2.45) is 17.6 Å². The molecule has 2 fully saturated rings. The molecule has 35 heavy (non-hydrogen) atoms. The Morgan fingerprint density at radius 3 is 2.66 bits per heavy atom. The average molecular weight is 487 g/mol. The van der Waals surface area contributed by atoms with Crippen molar-refractivity contribution in [3.63, 3.8) is 0 Å². The van der Waals surface area contributed by atoms with Crippen molar-refractivity contribution in [2.45, 2.75) is 38.9 Å². The van der Waals surface area contributed by atoms with Crippen molar-refractivity contribution in [3.05, 3.63) is 77.9 Å². The van der Waals surface area contributed by atoms with Gasteiger partial charge in [0.1, 0.15) is 0 Å². The molecule has 4 rings (SSSR count). The quantitative estimate of drug-likeness (QED) is 0.582. The Morgan fingerprint density at radius 1 is 1.23 bits per heavy atom. The first kappa shape index (κ1) is 24.6. The van der Waals surface area contributed by atoms with Gasteiger partial charge in [-0.2, -0.15) is 13.2 Å². The molecule has 2 aromatic rings. The number of fused-ring (bicyclic) bond motifs is 1. The van der Waals surface area contributed by atoms with Gasteiger partial charge in [-0.25, -0.2) is 9.97 Å². The number of nitrogens with two attached hydrogens (primary N) is 1. The minimum Gasteiger partial charge on any atom is -0.404 e. The van der Waals surface area contributed by atoms with Gasteiger partial charge >= 0.3 is 6.18 Å². The Morgan fingerprint density at radius 2 is 2.00 bits per heavy atom. The summed E-state index contributed by atoms with van der Waals surface area (Å²) in [6.07, 6.45) is 3.50. The number of likely N-dealkylation sites (tertiary alicyclic amines) is 1. The fourth-order valence-electron chi connectivity index (χ4n) is 4.49. The zero-order chi connectivity index (χ0) is 25.3. The highest BCUT2D eigenvalue weighted by Crippen LogP contribution is 2.47. The summed E-state index contributed by atoms with van der Waals surface area (Å²) in [4.78, 5) is 24.4. The van der Waals surface area contributed by atoms with E-state index in [-0.39, 0.29) is 11.9 Å². The number of carbonyl (C=O) groups excluding carboxylic acids is 1. The summed E-state index contributed by atoms with van der Waals surface area (Å²) in [7, 11) is 0. The molecular weight excluding hydrogens is 457 g/mol. The number of hydrogen-bond donors (Lipinski definition) is 2. The molecule has 1 saturated heterocycles. The summed E-state index contributed by atoms with van der Waals surface area (Å²) >= 11 is 0. The summed E-state index contributed by atoms with van der Waals surface area (Å²) in [5, 5.41) is 3.07. The predicted octanol–water partition coefficient (Wildman–Crippen LogP) is 3.80. The van der Waals surface area contributed by atoms with Crippen LogP contribution in [0.4, 0.5) is 13.2 Å². The Labute approximate surface area is 202 Å². The molecular formula is C25H29F3N6O. The molecule has 1 aliphatic carbocycles. The predicted molar refractivity (Wildman–Crippen MR) is 126 cm³/mol. The molecule has 3 N–H and O–H groups in total. The lowest BCUT2D eigenvalue weighted by atomic mass is 10.0. The van der Waals surface area contributed by atoms with Gasteiger partial charge in [0, 0.05) is 42.9 Å². The molecule has 1 amide bonds. The molecule has 0 radical (unpaired) electrons. The third kappa shape index (κ3) is 5.58. The maximum absolute atomic E-state index is 13.8. The van der Waals surface area contributed by atoms with Crippen LogP contribution in [0.3, 0.4) is 0 Å². The van der Waals surface area contributed by atoms with Crippen molar-refractivity contribution in [1.29, 1.82) is 0 Å². The number of nitrogens with one attached hydrogen (secondary N) is 1. The van der Waals surface area contributed by atoms with Crippen molar-refractivity contribution in [3.8, 4) is 5.69 Å². The molecule has 2 aliphatic rings. The summed E-state index contributed by atoms with van der Waals surface area (Å²) < 4.78 is 40.4. The van der Waals surface area contributed by atoms with Crippen LogP contribution in [0.15, 0.2) is 60.9 Å². The van der Waals surface area contributed by atoms with Crippen LogP contribution in [0.2, 0.25) is 0 Å². The summed E-state index contributed by atoms with van der Waals surface area (Å²) in [5.74, 6) is 0.873. The van der Waals surface area contributed by atoms with Gasteiger partial charge in [-0.05, 0) is 62.8 Å².